The van der Waals surface area contributed by atoms with Crippen molar-refractivity contribution in [3.05, 3.63) is 76.7 Å². The molecule has 220 valence electrons. The topological polar surface area (TPSA) is 71.9 Å². The summed E-state index contributed by atoms with van der Waals surface area (Å²) in [6, 6.07) is 15.6. The summed E-state index contributed by atoms with van der Waals surface area (Å²) >= 11 is 0. The van der Waals surface area contributed by atoms with Crippen molar-refractivity contribution in [2.75, 3.05) is 7.11 Å². The molecule has 2 aromatic carbocycles. The normalized spacial score (nSPS) is 21.4. The number of pyridine rings is 1. The van der Waals surface area contributed by atoms with E-state index >= 15 is 4.39 Å². The Morgan fingerprint density at radius 2 is 1.81 bits per heavy atom. The van der Waals surface area contributed by atoms with Crippen LogP contribution in [0, 0.1) is 17.7 Å². The fraction of sp³-hybridized carbons (Fsp3) is 0.486. The van der Waals surface area contributed by atoms with Crippen LogP contribution < -0.4 is 9.47 Å². The molecule has 7 heteroatoms. The van der Waals surface area contributed by atoms with Crippen molar-refractivity contribution >= 4 is 5.97 Å². The summed E-state index contributed by atoms with van der Waals surface area (Å²) in [6.07, 6.45) is 9.97. The predicted molar refractivity (Wildman–Crippen MR) is 158 cm³/mol. The molecule has 1 aromatic heterocycles. The van der Waals surface area contributed by atoms with Crippen LogP contribution in [0.25, 0.3) is 11.1 Å². The number of ether oxygens (including phenoxy) is 2. The third-order valence-electron chi connectivity index (χ3n) is 9.69. The summed E-state index contributed by atoms with van der Waals surface area (Å²) in [5, 5.41) is 9.77. The Morgan fingerprint density at radius 1 is 1.05 bits per heavy atom. The molecule has 2 heterocycles. The zero-order valence-electron chi connectivity index (χ0n) is 24.4. The molecule has 42 heavy (non-hydrogen) atoms. The molecule has 1 aliphatic heterocycles. The van der Waals surface area contributed by atoms with Gasteiger partial charge in [-0.15, -0.1) is 0 Å². The number of carboxylic acids is 1. The maximum absolute atomic E-state index is 15.1. The third-order valence-corrected chi connectivity index (χ3v) is 9.69. The molecule has 3 aliphatic carbocycles. The quantitative estimate of drug-likeness (QED) is 0.261. The number of aliphatic carboxylic acids is 1. The highest BCUT2D eigenvalue weighted by Crippen LogP contribution is 2.48. The lowest BCUT2D eigenvalue weighted by atomic mass is 9.82. The van der Waals surface area contributed by atoms with Crippen LogP contribution in [0.2, 0.25) is 0 Å². The first-order valence-corrected chi connectivity index (χ1v) is 15.5. The lowest BCUT2D eigenvalue weighted by molar-refractivity contribution is -0.142. The SMILES string of the molecule is COc1cc(-c2ccc(C3CCc4ccc(C(C5CC5)[C@H](C)C(=O)O)cc4O3)cc2CN(C2CC2)C2CC2)c(F)cn1. The number of nitrogens with zero attached hydrogens (tertiary/aromatic N) is 2. The number of halogens is 1. The molecule has 0 spiro atoms. The number of aromatic nitrogens is 1. The van der Waals surface area contributed by atoms with Crippen LogP contribution >= 0.6 is 0 Å². The average Bonchev–Trinajstić information content (AvgIpc) is 3.84. The zero-order chi connectivity index (χ0) is 29.0. The van der Waals surface area contributed by atoms with E-state index in [1.807, 2.05) is 13.0 Å². The molecule has 0 saturated heterocycles. The second-order valence-corrected chi connectivity index (χ2v) is 12.8. The minimum absolute atomic E-state index is 0.00532. The lowest BCUT2D eigenvalue weighted by Gasteiger charge is -2.30. The van der Waals surface area contributed by atoms with Gasteiger partial charge >= 0.3 is 5.97 Å². The summed E-state index contributed by atoms with van der Waals surface area (Å²) in [5.74, 6) is 0.157. The van der Waals surface area contributed by atoms with Gasteiger partial charge in [-0.05, 0) is 97.1 Å². The molecule has 1 N–H and O–H groups in total. The fourth-order valence-corrected chi connectivity index (χ4v) is 6.92. The Balaban J connectivity index is 1.21. The highest BCUT2D eigenvalue weighted by Gasteiger charge is 2.40. The lowest BCUT2D eigenvalue weighted by Crippen LogP contribution is -2.28. The molecule has 3 atom stereocenters. The first-order chi connectivity index (χ1) is 20.4. The van der Waals surface area contributed by atoms with Crippen molar-refractivity contribution < 1.29 is 23.8 Å². The summed E-state index contributed by atoms with van der Waals surface area (Å²) in [6.45, 7) is 2.61. The van der Waals surface area contributed by atoms with Crippen LogP contribution in [-0.4, -0.2) is 40.2 Å². The molecule has 3 saturated carbocycles. The Bertz CT molecular complexity index is 1480. The second-order valence-electron chi connectivity index (χ2n) is 12.8. The van der Waals surface area contributed by atoms with E-state index in [1.165, 1.54) is 37.4 Å². The van der Waals surface area contributed by atoms with Gasteiger partial charge in [0.2, 0.25) is 5.88 Å². The van der Waals surface area contributed by atoms with Crippen molar-refractivity contribution in [3.8, 4) is 22.8 Å². The molecule has 4 aliphatic rings. The van der Waals surface area contributed by atoms with Crippen LogP contribution in [0.5, 0.6) is 11.6 Å². The molecular weight excluding hydrogens is 531 g/mol. The van der Waals surface area contributed by atoms with Crippen LogP contribution in [0.1, 0.15) is 86.1 Å². The molecule has 0 amide bonds. The average molecular weight is 571 g/mol. The Hall–Kier alpha value is -3.45. The van der Waals surface area contributed by atoms with Gasteiger partial charge < -0.3 is 14.6 Å². The molecular formula is C35H39FN2O4. The minimum Gasteiger partial charge on any atom is -0.485 e. The molecule has 2 unspecified atom stereocenters. The van der Waals surface area contributed by atoms with Crippen LogP contribution in [-0.2, 0) is 17.8 Å². The van der Waals surface area contributed by atoms with E-state index < -0.39 is 11.9 Å². The van der Waals surface area contributed by atoms with Crippen molar-refractivity contribution in [3.63, 3.8) is 0 Å². The largest absolute Gasteiger partial charge is 0.485 e. The Kier molecular flexibility index (Phi) is 7.17. The number of rotatable bonds is 11. The molecule has 3 aromatic rings. The fourth-order valence-electron chi connectivity index (χ4n) is 6.92. The van der Waals surface area contributed by atoms with E-state index in [0.717, 1.165) is 60.2 Å². The molecule has 7 rings (SSSR count). The van der Waals surface area contributed by atoms with E-state index in [1.54, 1.807) is 13.2 Å². The molecule has 3 fully saturated rings. The van der Waals surface area contributed by atoms with Gasteiger partial charge in [0.05, 0.1) is 19.2 Å². The molecule has 0 bridgehead atoms. The molecule has 6 nitrogen and oxygen atoms in total. The van der Waals surface area contributed by atoms with E-state index in [-0.39, 0.29) is 17.8 Å². The van der Waals surface area contributed by atoms with Gasteiger partial charge in [0.25, 0.3) is 0 Å². The summed E-state index contributed by atoms with van der Waals surface area (Å²) < 4.78 is 27.2. The van der Waals surface area contributed by atoms with E-state index in [4.69, 9.17) is 9.47 Å². The van der Waals surface area contributed by atoms with E-state index in [0.29, 0.717) is 29.4 Å². The molecule has 0 radical (unpaired) electrons. The van der Waals surface area contributed by atoms with Crippen LogP contribution in [0.4, 0.5) is 4.39 Å². The summed E-state index contributed by atoms with van der Waals surface area (Å²) in [5.41, 5.74) is 5.81. The minimum atomic E-state index is -0.745. The first-order valence-electron chi connectivity index (χ1n) is 15.5. The number of hydrogen-bond acceptors (Lipinski definition) is 5. The van der Waals surface area contributed by atoms with Gasteiger partial charge in [0.1, 0.15) is 17.7 Å². The van der Waals surface area contributed by atoms with E-state index in [9.17, 15) is 9.90 Å². The highest BCUT2D eigenvalue weighted by atomic mass is 19.1. The van der Waals surface area contributed by atoms with Crippen molar-refractivity contribution in [2.45, 2.75) is 88.9 Å². The number of carbonyl (C=O) groups is 1. The second kappa shape index (κ2) is 11.0. The number of methoxy groups -OCH3 is 1. The maximum atomic E-state index is 15.1. The predicted octanol–water partition coefficient (Wildman–Crippen LogP) is 7.30. The number of aryl methyl sites for hydroxylation is 1. The maximum Gasteiger partial charge on any atom is 0.306 e. The van der Waals surface area contributed by atoms with Gasteiger partial charge in [-0.25, -0.2) is 9.37 Å². The Morgan fingerprint density at radius 3 is 2.48 bits per heavy atom. The Labute approximate surface area is 246 Å². The summed E-state index contributed by atoms with van der Waals surface area (Å²) in [7, 11) is 1.55. The van der Waals surface area contributed by atoms with Gasteiger partial charge in [0, 0.05) is 30.3 Å². The smallest absolute Gasteiger partial charge is 0.306 e. The third kappa shape index (κ3) is 5.51. The van der Waals surface area contributed by atoms with Crippen molar-refractivity contribution in [1.29, 1.82) is 0 Å². The van der Waals surface area contributed by atoms with Crippen LogP contribution in [0.3, 0.4) is 0 Å². The summed E-state index contributed by atoms with van der Waals surface area (Å²) in [4.78, 5) is 18.6. The van der Waals surface area contributed by atoms with Gasteiger partial charge in [0.15, 0.2) is 0 Å². The highest BCUT2D eigenvalue weighted by molar-refractivity contribution is 5.71. The number of hydrogen-bond donors (Lipinski definition) is 1. The number of carboxylic acid groups (broad SMARTS) is 1. The zero-order valence-corrected chi connectivity index (χ0v) is 24.4. The first kappa shape index (κ1) is 27.4. The van der Waals surface area contributed by atoms with Gasteiger partial charge in [-0.1, -0.05) is 37.3 Å². The van der Waals surface area contributed by atoms with Gasteiger partial charge in [-0.2, -0.15) is 0 Å². The van der Waals surface area contributed by atoms with Crippen LogP contribution in [0.15, 0.2) is 48.7 Å². The number of benzene rings is 2. The number of fused-ring (bicyclic) bond motifs is 1. The monoisotopic (exact) mass is 570 g/mol. The standard InChI is InChI=1S/C35H39FN2O4/c1-20(35(39)40)34(22-4-5-22)24-6-3-21-8-14-31(42-32(21)16-24)23-7-13-28(29-17-33(41-2)37-18-30(29)36)25(15-23)19-38(26-9-10-26)27-11-12-27/h3,6-7,13,15-18,20,22,26-27,31,34H,4-5,8-12,14,19H2,1-2H3,(H,39,40)/t20-,31?,34?/m0/s1. The van der Waals surface area contributed by atoms with E-state index in [2.05, 4.69) is 40.2 Å². The van der Waals surface area contributed by atoms with Crippen molar-refractivity contribution in [1.82, 2.24) is 9.88 Å². The van der Waals surface area contributed by atoms with Gasteiger partial charge in [-0.3, -0.25) is 9.69 Å². The van der Waals surface area contributed by atoms with Crippen molar-refractivity contribution in [2.24, 2.45) is 11.8 Å².